The zero-order valence-electron chi connectivity index (χ0n) is 14.1. The van der Waals surface area contributed by atoms with Gasteiger partial charge in [0.2, 0.25) is 4.96 Å². The molecule has 6 nitrogen and oxygen atoms in total. The molecule has 3 aromatic rings. The van der Waals surface area contributed by atoms with Gasteiger partial charge >= 0.3 is 0 Å². The standard InChI is InChI=1S/C16H20N4O2S2/c1-10(2)14-15(20-16(18-14)23-12(4)19-20)24(21,22)17-9-13-7-5-11(3)6-8-13/h5-8,10,17H,9H2,1-4H3. The van der Waals surface area contributed by atoms with E-state index in [0.29, 0.717) is 10.7 Å². The third-order valence-electron chi connectivity index (χ3n) is 3.68. The summed E-state index contributed by atoms with van der Waals surface area (Å²) in [5, 5.41) is 5.23. The van der Waals surface area contributed by atoms with Crippen molar-refractivity contribution < 1.29 is 8.42 Å². The molecule has 1 aromatic carbocycles. The molecule has 24 heavy (non-hydrogen) atoms. The summed E-state index contributed by atoms with van der Waals surface area (Å²) in [6.45, 7) is 7.92. The number of imidazole rings is 1. The lowest BCUT2D eigenvalue weighted by molar-refractivity contribution is 0.569. The predicted molar refractivity (Wildman–Crippen MR) is 94.9 cm³/mol. The van der Waals surface area contributed by atoms with E-state index in [2.05, 4.69) is 14.8 Å². The normalized spacial score (nSPS) is 12.4. The van der Waals surface area contributed by atoms with Crippen LogP contribution in [0.5, 0.6) is 0 Å². The van der Waals surface area contributed by atoms with E-state index >= 15 is 0 Å². The fraction of sp³-hybridized carbons (Fsp3) is 0.375. The van der Waals surface area contributed by atoms with Crippen molar-refractivity contribution in [2.24, 2.45) is 0 Å². The first-order valence-electron chi connectivity index (χ1n) is 7.69. The molecule has 0 unspecified atom stereocenters. The van der Waals surface area contributed by atoms with Crippen molar-refractivity contribution in [3.63, 3.8) is 0 Å². The molecule has 2 heterocycles. The van der Waals surface area contributed by atoms with Crippen molar-refractivity contribution in [1.29, 1.82) is 0 Å². The minimum absolute atomic E-state index is 0.00911. The molecular formula is C16H20N4O2S2. The van der Waals surface area contributed by atoms with Gasteiger partial charge in [-0.2, -0.15) is 9.61 Å². The first-order valence-corrected chi connectivity index (χ1v) is 9.99. The molecule has 0 fully saturated rings. The highest BCUT2D eigenvalue weighted by Crippen LogP contribution is 2.27. The van der Waals surface area contributed by atoms with Crippen molar-refractivity contribution in [2.75, 3.05) is 0 Å². The van der Waals surface area contributed by atoms with Gasteiger partial charge in [-0.15, -0.1) is 0 Å². The van der Waals surface area contributed by atoms with Crippen LogP contribution in [-0.2, 0) is 16.6 Å². The molecular weight excluding hydrogens is 344 g/mol. The lowest BCUT2D eigenvalue weighted by atomic mass is 10.2. The van der Waals surface area contributed by atoms with Crippen molar-refractivity contribution >= 4 is 26.3 Å². The largest absolute Gasteiger partial charge is 0.260 e. The van der Waals surface area contributed by atoms with E-state index in [9.17, 15) is 8.42 Å². The number of sulfonamides is 1. The van der Waals surface area contributed by atoms with Gasteiger partial charge in [0, 0.05) is 6.54 Å². The molecule has 128 valence electrons. The van der Waals surface area contributed by atoms with Crippen LogP contribution in [0.2, 0.25) is 0 Å². The van der Waals surface area contributed by atoms with Crippen LogP contribution in [0, 0.1) is 13.8 Å². The molecule has 1 N–H and O–H groups in total. The summed E-state index contributed by atoms with van der Waals surface area (Å²) >= 11 is 1.39. The highest BCUT2D eigenvalue weighted by atomic mass is 32.2. The summed E-state index contributed by atoms with van der Waals surface area (Å²) in [6, 6.07) is 7.76. The maximum atomic E-state index is 12.9. The number of benzene rings is 1. The average molecular weight is 364 g/mol. The van der Waals surface area contributed by atoms with Gasteiger partial charge in [0.15, 0.2) is 5.03 Å². The van der Waals surface area contributed by atoms with Crippen molar-refractivity contribution in [1.82, 2.24) is 19.3 Å². The SMILES string of the molecule is Cc1ccc(CNS(=O)(=O)c2c(C(C)C)nc3sc(C)nn23)cc1. The first kappa shape index (κ1) is 17.1. The second kappa shape index (κ2) is 6.27. The maximum Gasteiger partial charge on any atom is 0.260 e. The van der Waals surface area contributed by atoms with Gasteiger partial charge in [-0.25, -0.2) is 18.1 Å². The Morgan fingerprint density at radius 3 is 2.50 bits per heavy atom. The Morgan fingerprint density at radius 2 is 1.88 bits per heavy atom. The maximum absolute atomic E-state index is 12.9. The van der Waals surface area contributed by atoms with E-state index in [-0.39, 0.29) is 17.5 Å². The summed E-state index contributed by atoms with van der Waals surface area (Å²) < 4.78 is 29.9. The van der Waals surface area contributed by atoms with Crippen LogP contribution in [0.1, 0.15) is 41.6 Å². The van der Waals surface area contributed by atoms with E-state index in [1.165, 1.54) is 15.9 Å². The Bertz CT molecular complexity index is 970. The number of hydrogen-bond acceptors (Lipinski definition) is 5. The Labute approximate surface area is 145 Å². The van der Waals surface area contributed by atoms with Crippen LogP contribution in [0.25, 0.3) is 4.96 Å². The topological polar surface area (TPSA) is 76.4 Å². The van der Waals surface area contributed by atoms with E-state index in [0.717, 1.165) is 16.1 Å². The van der Waals surface area contributed by atoms with Gasteiger partial charge in [0.05, 0.1) is 5.69 Å². The van der Waals surface area contributed by atoms with Gasteiger partial charge in [-0.05, 0) is 25.3 Å². The molecule has 0 radical (unpaired) electrons. The predicted octanol–water partition coefficient (Wildman–Crippen LogP) is 3.01. The molecule has 2 aromatic heterocycles. The first-order chi connectivity index (χ1) is 11.3. The van der Waals surface area contributed by atoms with Crippen LogP contribution in [-0.4, -0.2) is 23.0 Å². The van der Waals surface area contributed by atoms with Crippen molar-refractivity contribution in [3.8, 4) is 0 Å². The van der Waals surface area contributed by atoms with Crippen LogP contribution >= 0.6 is 11.3 Å². The lowest BCUT2D eigenvalue weighted by Crippen LogP contribution is -2.26. The van der Waals surface area contributed by atoms with E-state index in [1.807, 2.05) is 52.0 Å². The Hall–Kier alpha value is -1.77. The van der Waals surface area contributed by atoms with Crippen LogP contribution in [0.4, 0.5) is 0 Å². The van der Waals surface area contributed by atoms with Crippen molar-refractivity contribution in [3.05, 3.63) is 46.1 Å². The van der Waals surface area contributed by atoms with E-state index < -0.39 is 10.0 Å². The number of fused-ring (bicyclic) bond motifs is 1. The summed E-state index contributed by atoms with van der Waals surface area (Å²) in [5.41, 5.74) is 2.59. The van der Waals surface area contributed by atoms with Gasteiger partial charge in [-0.1, -0.05) is 55.0 Å². The molecule has 0 spiro atoms. The van der Waals surface area contributed by atoms with Crippen LogP contribution < -0.4 is 4.72 Å². The number of nitrogens with one attached hydrogen (secondary N) is 1. The van der Waals surface area contributed by atoms with Crippen LogP contribution in [0.15, 0.2) is 29.3 Å². The zero-order valence-corrected chi connectivity index (χ0v) is 15.7. The fourth-order valence-corrected chi connectivity index (χ4v) is 4.63. The summed E-state index contributed by atoms with van der Waals surface area (Å²) in [4.78, 5) is 5.07. The van der Waals surface area contributed by atoms with E-state index in [1.54, 1.807) is 0 Å². The molecule has 0 aliphatic rings. The third-order valence-corrected chi connectivity index (χ3v) is 5.92. The second-order valence-electron chi connectivity index (χ2n) is 6.08. The zero-order chi connectivity index (χ0) is 17.5. The molecule has 3 rings (SSSR count). The smallest absolute Gasteiger partial charge is 0.221 e. The number of aryl methyl sites for hydroxylation is 2. The summed E-state index contributed by atoms with van der Waals surface area (Å²) in [5.74, 6) is -0.00911. The molecule has 0 saturated heterocycles. The molecule has 0 amide bonds. The Morgan fingerprint density at radius 1 is 1.21 bits per heavy atom. The van der Waals surface area contributed by atoms with Gasteiger partial charge in [-0.3, -0.25) is 0 Å². The molecule has 0 aliphatic heterocycles. The summed E-state index contributed by atoms with van der Waals surface area (Å²) in [7, 11) is -3.72. The quantitative estimate of drug-likeness (QED) is 0.755. The molecule has 0 saturated carbocycles. The minimum atomic E-state index is -3.72. The van der Waals surface area contributed by atoms with Crippen molar-refractivity contribution in [2.45, 2.75) is 45.2 Å². The molecule has 0 atom stereocenters. The number of hydrogen-bond donors (Lipinski definition) is 1. The molecule has 0 aliphatic carbocycles. The summed E-state index contributed by atoms with van der Waals surface area (Å²) in [6.07, 6.45) is 0. The average Bonchev–Trinajstić information content (AvgIpc) is 3.02. The number of rotatable bonds is 5. The van der Waals surface area contributed by atoms with Crippen LogP contribution in [0.3, 0.4) is 0 Å². The van der Waals surface area contributed by atoms with E-state index in [4.69, 9.17) is 0 Å². The molecule has 8 heteroatoms. The fourth-order valence-electron chi connectivity index (χ4n) is 2.42. The third kappa shape index (κ3) is 3.22. The lowest BCUT2D eigenvalue weighted by Gasteiger charge is -2.09. The Kier molecular flexibility index (Phi) is 4.46. The number of aromatic nitrogens is 3. The highest BCUT2D eigenvalue weighted by Gasteiger charge is 2.28. The minimum Gasteiger partial charge on any atom is -0.221 e. The number of nitrogens with zero attached hydrogens (tertiary/aromatic N) is 3. The van der Waals surface area contributed by atoms with Gasteiger partial charge < -0.3 is 0 Å². The highest BCUT2D eigenvalue weighted by molar-refractivity contribution is 7.89. The Balaban J connectivity index is 1.97. The molecule has 0 bridgehead atoms. The second-order valence-corrected chi connectivity index (χ2v) is 8.92. The monoisotopic (exact) mass is 364 g/mol. The van der Waals surface area contributed by atoms with Gasteiger partial charge in [0.25, 0.3) is 10.0 Å². The van der Waals surface area contributed by atoms with Gasteiger partial charge in [0.1, 0.15) is 5.01 Å².